The molecule has 13 heteroatoms. The van der Waals surface area contributed by atoms with Crippen molar-refractivity contribution in [2.45, 2.75) is 11.8 Å². The van der Waals surface area contributed by atoms with Crippen molar-refractivity contribution in [2.24, 2.45) is 5.92 Å². The summed E-state index contributed by atoms with van der Waals surface area (Å²) in [6, 6.07) is 10.1. The Morgan fingerprint density at radius 2 is 1.86 bits per heavy atom. The molecule has 2 amide bonds. The maximum atomic E-state index is 13.2. The number of nitrogens with zero attached hydrogens (tertiary/aromatic N) is 2. The van der Waals surface area contributed by atoms with Crippen molar-refractivity contribution in [3.8, 4) is 5.75 Å². The summed E-state index contributed by atoms with van der Waals surface area (Å²) in [5, 5.41) is 5.65. The highest BCUT2D eigenvalue weighted by Crippen LogP contribution is 2.26. The van der Waals surface area contributed by atoms with Crippen molar-refractivity contribution >= 4 is 56.5 Å². The summed E-state index contributed by atoms with van der Waals surface area (Å²) in [6.45, 7) is 2.47. The fourth-order valence-corrected chi connectivity index (χ4v) is 3.98. The molecule has 3 N–H and O–H groups in total. The van der Waals surface area contributed by atoms with Crippen LogP contribution in [0, 0.1) is 5.92 Å². The second-order valence-electron chi connectivity index (χ2n) is 7.85. The number of ether oxygens (including phenoxy) is 1. The Morgan fingerprint density at radius 1 is 1.08 bits per heavy atom. The van der Waals surface area contributed by atoms with E-state index in [1.165, 1.54) is 42.7 Å². The van der Waals surface area contributed by atoms with E-state index >= 15 is 0 Å². The van der Waals surface area contributed by atoms with Gasteiger partial charge in [0, 0.05) is 31.1 Å². The predicted molar refractivity (Wildman–Crippen MR) is 137 cm³/mol. The van der Waals surface area contributed by atoms with Crippen LogP contribution in [0.25, 0.3) is 0 Å². The lowest BCUT2D eigenvalue weighted by atomic mass is 10.1. The third-order valence-corrected chi connectivity index (χ3v) is 6.30. The van der Waals surface area contributed by atoms with Gasteiger partial charge in [0.15, 0.2) is 15.5 Å². The van der Waals surface area contributed by atoms with E-state index in [1.54, 1.807) is 12.1 Å². The maximum absolute atomic E-state index is 13.2. The number of sulfone groups is 1. The van der Waals surface area contributed by atoms with E-state index in [4.69, 9.17) is 28.1 Å². The van der Waals surface area contributed by atoms with Gasteiger partial charge in [-0.05, 0) is 54.2 Å². The van der Waals surface area contributed by atoms with Gasteiger partial charge < -0.3 is 15.4 Å². The maximum Gasteiger partial charge on any atom is 0.277 e. The number of anilines is 2. The molecule has 190 valence electrons. The molecule has 36 heavy (non-hydrogen) atoms. The first-order chi connectivity index (χ1) is 17.1. The zero-order valence-corrected chi connectivity index (χ0v) is 21.6. The van der Waals surface area contributed by atoms with Crippen LogP contribution in [0.2, 0.25) is 5.02 Å². The molecule has 0 spiro atoms. The first-order valence-electron chi connectivity index (χ1n) is 10.6. The quantitative estimate of drug-likeness (QED) is 0.323. The number of aromatic nitrogens is 2. The lowest BCUT2D eigenvalue weighted by Crippen LogP contribution is -2.22. The molecule has 0 fully saturated rings. The molecule has 0 radical (unpaired) electrons. The molecule has 2 heterocycles. The fourth-order valence-electron chi connectivity index (χ4n) is 2.97. The molecular formula is C23H23Cl2N5O5S. The number of rotatable bonds is 10. The molecule has 0 aliphatic rings. The first-order valence-corrected chi connectivity index (χ1v) is 13.2. The molecule has 2 aromatic heterocycles. The van der Waals surface area contributed by atoms with E-state index in [1.807, 2.05) is 6.92 Å². The number of carbonyl (C=O) groups excluding carboxylic acids is 2. The number of nitrogens with one attached hydrogen (secondary N) is 3. The zero-order valence-electron chi connectivity index (χ0n) is 19.3. The zero-order chi connectivity index (χ0) is 26.3. The summed E-state index contributed by atoms with van der Waals surface area (Å²) < 4.78 is 29.8. The van der Waals surface area contributed by atoms with Gasteiger partial charge in [-0.2, -0.15) is 0 Å². The number of pyridine rings is 2. The summed E-state index contributed by atoms with van der Waals surface area (Å²) in [6.07, 6.45) is 3.84. The largest absolute Gasteiger partial charge is 0.492 e. The molecule has 3 aromatic rings. The van der Waals surface area contributed by atoms with E-state index in [9.17, 15) is 18.0 Å². The fraction of sp³-hybridized carbons (Fsp3) is 0.217. The lowest BCUT2D eigenvalue weighted by Gasteiger charge is -2.16. The minimum Gasteiger partial charge on any atom is -0.492 e. The SMILES string of the molecule is C[C@@H](CNCl)COc1cc(S(C)(=O)=O)ccc1C(=O)Nc1cccnc1C(=O)Nc1ccc(Cl)cn1. The molecule has 0 bridgehead atoms. The molecule has 0 aliphatic heterocycles. The van der Waals surface area contributed by atoms with Crippen LogP contribution in [-0.4, -0.2) is 49.6 Å². The Labute approximate surface area is 218 Å². The standard InChI is InChI=1S/C23H23Cl2N5O5S/c1-14(11-28-25)13-35-19-10-16(36(2,33)34)6-7-17(19)22(31)29-18-4-3-9-26-21(18)23(32)30-20-8-5-15(24)12-27-20/h3-10,12,14,28H,11,13H2,1-2H3,(H,29,31)(H,27,30,32)/t14-/m0/s1. The monoisotopic (exact) mass is 551 g/mol. The first kappa shape index (κ1) is 27.3. The van der Waals surface area contributed by atoms with Crippen molar-refractivity contribution in [3.05, 3.63) is 71.1 Å². The van der Waals surface area contributed by atoms with E-state index in [0.29, 0.717) is 11.6 Å². The van der Waals surface area contributed by atoms with Crippen LogP contribution in [0.5, 0.6) is 5.75 Å². The molecule has 3 rings (SSSR count). The van der Waals surface area contributed by atoms with Gasteiger partial charge in [0.25, 0.3) is 11.8 Å². The topological polar surface area (TPSA) is 139 Å². The lowest BCUT2D eigenvalue weighted by molar-refractivity contribution is 0.102. The van der Waals surface area contributed by atoms with Crippen molar-refractivity contribution in [1.29, 1.82) is 0 Å². The van der Waals surface area contributed by atoms with Crippen LogP contribution < -0.4 is 20.2 Å². The van der Waals surface area contributed by atoms with E-state index in [-0.39, 0.29) is 45.9 Å². The summed E-state index contributed by atoms with van der Waals surface area (Å²) in [5.41, 5.74) is 0.148. The molecule has 1 atom stereocenters. The van der Waals surface area contributed by atoms with Gasteiger partial charge >= 0.3 is 0 Å². The molecule has 0 saturated heterocycles. The molecule has 10 nitrogen and oxygen atoms in total. The average Bonchev–Trinajstić information content (AvgIpc) is 2.84. The van der Waals surface area contributed by atoms with E-state index < -0.39 is 21.7 Å². The molecule has 0 saturated carbocycles. The van der Waals surface area contributed by atoms with Crippen LogP contribution in [-0.2, 0) is 9.84 Å². The number of carbonyl (C=O) groups is 2. The number of benzene rings is 1. The Morgan fingerprint density at radius 3 is 2.53 bits per heavy atom. The van der Waals surface area contributed by atoms with Crippen molar-refractivity contribution in [1.82, 2.24) is 14.8 Å². The highest BCUT2D eigenvalue weighted by molar-refractivity contribution is 7.90. The van der Waals surface area contributed by atoms with E-state index in [0.717, 1.165) is 6.26 Å². The van der Waals surface area contributed by atoms with Crippen LogP contribution in [0.4, 0.5) is 11.5 Å². The highest BCUT2D eigenvalue weighted by Gasteiger charge is 2.21. The van der Waals surface area contributed by atoms with Gasteiger partial charge in [0.1, 0.15) is 11.6 Å². The van der Waals surface area contributed by atoms with Crippen molar-refractivity contribution < 1.29 is 22.7 Å². The Bertz CT molecular complexity index is 1350. The third kappa shape index (κ3) is 7.37. The number of halogens is 2. The van der Waals surface area contributed by atoms with Gasteiger partial charge in [-0.3, -0.25) is 9.59 Å². The Hall–Kier alpha value is -3.25. The second-order valence-corrected chi connectivity index (χ2v) is 10.6. The highest BCUT2D eigenvalue weighted by atomic mass is 35.5. The minimum atomic E-state index is -3.55. The minimum absolute atomic E-state index is 0.00548. The molecule has 0 unspecified atom stereocenters. The van der Waals surface area contributed by atoms with Gasteiger partial charge in [0.05, 0.1) is 27.8 Å². The van der Waals surface area contributed by atoms with Crippen LogP contribution in [0.3, 0.4) is 0 Å². The second kappa shape index (κ2) is 12.1. The van der Waals surface area contributed by atoms with Crippen LogP contribution in [0.15, 0.2) is 59.8 Å². The summed E-state index contributed by atoms with van der Waals surface area (Å²) in [7, 11) is -3.55. The Balaban J connectivity index is 1.86. The summed E-state index contributed by atoms with van der Waals surface area (Å²) in [4.78, 5) is 36.6. The Kier molecular flexibility index (Phi) is 9.21. The van der Waals surface area contributed by atoms with Gasteiger partial charge in [-0.1, -0.05) is 18.5 Å². The normalized spacial score (nSPS) is 12.0. The van der Waals surface area contributed by atoms with Crippen molar-refractivity contribution in [2.75, 3.05) is 30.0 Å². The smallest absolute Gasteiger partial charge is 0.277 e. The average molecular weight is 552 g/mol. The molecule has 1 aromatic carbocycles. The van der Waals surface area contributed by atoms with Gasteiger partial charge in [-0.15, -0.1) is 0 Å². The molecular weight excluding hydrogens is 529 g/mol. The van der Waals surface area contributed by atoms with Gasteiger partial charge in [0.2, 0.25) is 0 Å². The number of hydrogen-bond donors (Lipinski definition) is 3. The summed E-state index contributed by atoms with van der Waals surface area (Å²) >= 11 is 11.4. The summed E-state index contributed by atoms with van der Waals surface area (Å²) in [5.74, 6) is -0.945. The van der Waals surface area contributed by atoms with Crippen molar-refractivity contribution in [3.63, 3.8) is 0 Å². The molecule has 0 aliphatic carbocycles. The predicted octanol–water partition coefficient (Wildman–Crippen LogP) is 3.80. The number of amides is 2. The number of hydrogen-bond acceptors (Lipinski definition) is 8. The third-order valence-electron chi connectivity index (χ3n) is 4.81. The van der Waals surface area contributed by atoms with E-state index in [2.05, 4.69) is 25.4 Å². The van der Waals surface area contributed by atoms with Gasteiger partial charge in [-0.25, -0.2) is 23.2 Å². The van der Waals surface area contributed by atoms with Crippen LogP contribution >= 0.6 is 23.4 Å². The van der Waals surface area contributed by atoms with Crippen LogP contribution in [0.1, 0.15) is 27.8 Å².